The minimum absolute atomic E-state index is 0.0264. The van der Waals surface area contributed by atoms with Crippen LogP contribution in [0.15, 0.2) is 90.0 Å². The molecule has 0 radical (unpaired) electrons. The second-order valence-electron chi connectivity index (χ2n) is 7.66. The van der Waals surface area contributed by atoms with Crippen molar-refractivity contribution in [1.82, 2.24) is 4.98 Å². The molecule has 34 heavy (non-hydrogen) atoms. The highest BCUT2D eigenvalue weighted by molar-refractivity contribution is 8.00. The van der Waals surface area contributed by atoms with Crippen LogP contribution in [0, 0.1) is 29.6 Å². The summed E-state index contributed by atoms with van der Waals surface area (Å²) in [7, 11) is 0. The zero-order valence-electron chi connectivity index (χ0n) is 18.4. The number of hydrogen-bond donors (Lipinski definition) is 1. The lowest BCUT2D eigenvalue weighted by molar-refractivity contribution is 0.0989. The number of pyridine rings is 1. The fourth-order valence-electron chi connectivity index (χ4n) is 3.66. The third kappa shape index (κ3) is 4.54. The van der Waals surface area contributed by atoms with Crippen LogP contribution in [-0.2, 0) is 0 Å². The zero-order chi connectivity index (χ0) is 24.1. The first-order valence-electron chi connectivity index (χ1n) is 10.5. The topological polar surface area (TPSA) is 104 Å². The first kappa shape index (κ1) is 22.8. The molecule has 0 bridgehead atoms. The number of aryl methyl sites for hydroxylation is 1. The SMILES string of the molecule is Cc1ccc(-c2c(C#N)c(N)nc(SC(C(=O)c3ccccc3)c3ccccc3)c2C#N)cc1. The van der Waals surface area contributed by atoms with Gasteiger partial charge in [-0.25, -0.2) is 4.98 Å². The molecule has 1 heterocycles. The number of anilines is 1. The number of benzene rings is 3. The smallest absolute Gasteiger partial charge is 0.180 e. The van der Waals surface area contributed by atoms with Crippen LogP contribution in [-0.4, -0.2) is 10.8 Å². The number of carbonyl (C=O) groups is 1. The van der Waals surface area contributed by atoms with Gasteiger partial charge in [-0.3, -0.25) is 4.79 Å². The molecule has 0 aliphatic carbocycles. The van der Waals surface area contributed by atoms with Crippen molar-refractivity contribution in [2.75, 3.05) is 5.73 Å². The molecule has 6 heteroatoms. The van der Waals surface area contributed by atoms with E-state index in [0.29, 0.717) is 21.7 Å². The molecule has 164 valence electrons. The predicted molar refractivity (Wildman–Crippen MR) is 134 cm³/mol. The van der Waals surface area contributed by atoms with Crippen LogP contribution in [0.2, 0.25) is 0 Å². The van der Waals surface area contributed by atoms with Crippen molar-refractivity contribution in [2.45, 2.75) is 17.2 Å². The van der Waals surface area contributed by atoms with Crippen molar-refractivity contribution in [3.8, 4) is 23.3 Å². The number of ketones is 1. The molecular formula is C28H20N4OS. The third-order valence-electron chi connectivity index (χ3n) is 5.38. The fraction of sp³-hybridized carbons (Fsp3) is 0.0714. The van der Waals surface area contributed by atoms with E-state index < -0.39 is 5.25 Å². The van der Waals surface area contributed by atoms with Crippen LogP contribution >= 0.6 is 11.8 Å². The maximum absolute atomic E-state index is 13.5. The molecule has 0 fully saturated rings. The van der Waals surface area contributed by atoms with Gasteiger partial charge in [0, 0.05) is 11.1 Å². The average molecular weight is 461 g/mol. The van der Waals surface area contributed by atoms with Crippen molar-refractivity contribution in [3.63, 3.8) is 0 Å². The van der Waals surface area contributed by atoms with E-state index >= 15 is 0 Å². The molecule has 0 spiro atoms. The maximum atomic E-state index is 13.5. The standard InChI is InChI=1S/C28H20N4OS/c1-18-12-14-19(15-13-18)24-22(16-29)27(31)32-28(23(24)17-30)34-26(21-10-6-3-7-11-21)25(33)20-8-4-2-5-9-20/h2-15,26H,1H3,(H2,31,32). The van der Waals surface area contributed by atoms with E-state index in [1.165, 1.54) is 11.8 Å². The monoisotopic (exact) mass is 460 g/mol. The van der Waals surface area contributed by atoms with E-state index in [9.17, 15) is 15.3 Å². The highest BCUT2D eigenvalue weighted by Crippen LogP contribution is 2.42. The summed E-state index contributed by atoms with van der Waals surface area (Å²) >= 11 is 1.17. The van der Waals surface area contributed by atoms with Crippen LogP contribution in [0.5, 0.6) is 0 Å². The van der Waals surface area contributed by atoms with E-state index in [4.69, 9.17) is 5.73 Å². The van der Waals surface area contributed by atoms with Gasteiger partial charge in [0.25, 0.3) is 0 Å². The van der Waals surface area contributed by atoms with Gasteiger partial charge in [-0.2, -0.15) is 10.5 Å². The van der Waals surface area contributed by atoms with Crippen LogP contribution < -0.4 is 5.73 Å². The molecule has 1 atom stereocenters. The molecule has 0 saturated heterocycles. The first-order chi connectivity index (χ1) is 16.5. The van der Waals surface area contributed by atoms with Crippen molar-refractivity contribution in [3.05, 3.63) is 113 Å². The Hall–Kier alpha value is -4.39. The average Bonchev–Trinajstić information content (AvgIpc) is 2.88. The first-order valence-corrected chi connectivity index (χ1v) is 11.4. The number of nitrogens with two attached hydrogens (primary N) is 1. The second kappa shape index (κ2) is 10.0. The summed E-state index contributed by atoms with van der Waals surface area (Å²) in [5.41, 5.74) is 10.1. The van der Waals surface area contributed by atoms with Crippen molar-refractivity contribution in [1.29, 1.82) is 10.5 Å². The van der Waals surface area contributed by atoms with Crippen LogP contribution in [0.25, 0.3) is 11.1 Å². The quantitative estimate of drug-likeness (QED) is 0.275. The molecule has 0 aliphatic heterocycles. The highest BCUT2D eigenvalue weighted by atomic mass is 32.2. The molecule has 2 N–H and O–H groups in total. The lowest BCUT2D eigenvalue weighted by Crippen LogP contribution is -2.11. The summed E-state index contributed by atoms with van der Waals surface area (Å²) in [6.45, 7) is 1.96. The molecule has 1 unspecified atom stereocenters. The number of aromatic nitrogens is 1. The number of nitriles is 2. The zero-order valence-corrected chi connectivity index (χ0v) is 19.2. The van der Waals surface area contributed by atoms with Gasteiger partial charge in [-0.1, -0.05) is 102 Å². The Balaban J connectivity index is 1.89. The molecule has 0 saturated carbocycles. The van der Waals surface area contributed by atoms with Gasteiger partial charge in [-0.05, 0) is 18.1 Å². The Morgan fingerprint density at radius 2 is 1.47 bits per heavy atom. The Bertz CT molecular complexity index is 1420. The molecule has 5 nitrogen and oxygen atoms in total. The van der Waals surface area contributed by atoms with Crippen LogP contribution in [0.1, 0.15) is 37.9 Å². The Morgan fingerprint density at radius 1 is 0.882 bits per heavy atom. The minimum atomic E-state index is -0.651. The van der Waals surface area contributed by atoms with Crippen molar-refractivity contribution < 1.29 is 4.79 Å². The van der Waals surface area contributed by atoms with E-state index in [1.54, 1.807) is 12.1 Å². The number of nitrogen functional groups attached to an aromatic ring is 1. The van der Waals surface area contributed by atoms with E-state index in [0.717, 1.165) is 11.1 Å². The Labute approximate surface area is 202 Å². The normalized spacial score (nSPS) is 11.3. The largest absolute Gasteiger partial charge is 0.383 e. The predicted octanol–water partition coefficient (Wildman–Crippen LogP) is 6.10. The summed E-state index contributed by atoms with van der Waals surface area (Å²) in [4.78, 5) is 17.9. The molecule has 0 amide bonds. The summed E-state index contributed by atoms with van der Waals surface area (Å²) in [6, 6.07) is 30.2. The van der Waals surface area contributed by atoms with E-state index in [2.05, 4.69) is 17.1 Å². The van der Waals surface area contributed by atoms with E-state index in [1.807, 2.05) is 79.7 Å². The van der Waals surface area contributed by atoms with Gasteiger partial charge < -0.3 is 5.73 Å². The number of carbonyl (C=O) groups excluding carboxylic acids is 1. The van der Waals surface area contributed by atoms with Gasteiger partial charge in [0.2, 0.25) is 0 Å². The summed E-state index contributed by atoms with van der Waals surface area (Å²) in [6.07, 6.45) is 0. The van der Waals surface area contributed by atoms with Gasteiger partial charge in [0.05, 0.1) is 10.8 Å². The van der Waals surface area contributed by atoms with Gasteiger partial charge in [-0.15, -0.1) is 0 Å². The minimum Gasteiger partial charge on any atom is -0.383 e. The summed E-state index contributed by atoms with van der Waals surface area (Å²) < 4.78 is 0. The van der Waals surface area contributed by atoms with Crippen LogP contribution in [0.4, 0.5) is 5.82 Å². The van der Waals surface area contributed by atoms with Crippen molar-refractivity contribution >= 4 is 23.4 Å². The van der Waals surface area contributed by atoms with Crippen molar-refractivity contribution in [2.24, 2.45) is 0 Å². The van der Waals surface area contributed by atoms with Gasteiger partial charge in [0.1, 0.15) is 28.5 Å². The lowest BCUT2D eigenvalue weighted by Gasteiger charge is -2.19. The van der Waals surface area contributed by atoms with Crippen LogP contribution in [0.3, 0.4) is 0 Å². The molecule has 0 aliphatic rings. The number of thioether (sulfide) groups is 1. The maximum Gasteiger partial charge on any atom is 0.180 e. The number of Topliss-reactive ketones (excluding diaryl/α,β-unsaturated/α-hetero) is 1. The molecule has 1 aromatic heterocycles. The molecule has 4 rings (SSSR count). The lowest BCUT2D eigenvalue weighted by atomic mass is 9.96. The summed E-state index contributed by atoms with van der Waals surface area (Å²) in [5.74, 6) is -0.0825. The molecular weight excluding hydrogens is 440 g/mol. The Kier molecular flexibility index (Phi) is 6.73. The molecule has 3 aromatic carbocycles. The highest BCUT2D eigenvalue weighted by Gasteiger charge is 2.28. The number of rotatable bonds is 6. The number of nitrogens with zero attached hydrogens (tertiary/aromatic N) is 3. The number of hydrogen-bond acceptors (Lipinski definition) is 6. The fourth-order valence-corrected chi connectivity index (χ4v) is 4.83. The van der Waals surface area contributed by atoms with Gasteiger partial charge in [0.15, 0.2) is 5.78 Å². The Morgan fingerprint density at radius 3 is 2.06 bits per heavy atom. The second-order valence-corrected chi connectivity index (χ2v) is 8.75. The van der Waals surface area contributed by atoms with E-state index in [-0.39, 0.29) is 22.7 Å². The van der Waals surface area contributed by atoms with Gasteiger partial charge >= 0.3 is 0 Å². The molecule has 4 aromatic rings. The third-order valence-corrected chi connectivity index (χ3v) is 6.62. The summed E-state index contributed by atoms with van der Waals surface area (Å²) in [5, 5.41) is 19.6.